The van der Waals surface area contributed by atoms with Gasteiger partial charge in [0.05, 0.1) is 24.4 Å². The molecule has 3 amide bonds. The van der Waals surface area contributed by atoms with E-state index in [-0.39, 0.29) is 43.6 Å². The lowest BCUT2D eigenvalue weighted by atomic mass is 9.77. The first-order valence-electron chi connectivity index (χ1n) is 17.0. The minimum Gasteiger partial charge on any atom is -0.488 e. The maximum Gasteiger partial charge on any atom is 0.407 e. The van der Waals surface area contributed by atoms with Crippen molar-refractivity contribution in [3.05, 3.63) is 101 Å². The molecule has 4 aliphatic rings. The average Bonchev–Trinajstić information content (AvgIpc) is 3.72. The van der Waals surface area contributed by atoms with Crippen LogP contribution in [-0.2, 0) is 33.9 Å². The van der Waals surface area contributed by atoms with Gasteiger partial charge in [0.25, 0.3) is 5.91 Å². The topological polar surface area (TPSA) is 117 Å². The SMILES string of the molecule is O=C(OCc1ccccc1)[C@H]1CCCC[C@H]1C(=O)N1CCc2cccc(O[C@H]3CCN(C(=O)O)C3)c2[C@H]1CN1Cc2ccccc2C1=O. The number of likely N-dealkylation sites (tertiary alicyclic amines) is 1. The van der Waals surface area contributed by atoms with E-state index in [9.17, 15) is 24.3 Å². The maximum absolute atomic E-state index is 14.7. The number of carbonyl (C=O) groups excluding carboxylic acids is 3. The predicted octanol–water partition coefficient (Wildman–Crippen LogP) is 5.45. The van der Waals surface area contributed by atoms with Gasteiger partial charge in [0.2, 0.25) is 5.91 Å². The van der Waals surface area contributed by atoms with Gasteiger partial charge in [0, 0.05) is 43.7 Å². The van der Waals surface area contributed by atoms with Crippen LogP contribution in [0.2, 0.25) is 0 Å². The Balaban J connectivity index is 1.18. The zero-order valence-corrected chi connectivity index (χ0v) is 27.0. The lowest BCUT2D eigenvalue weighted by molar-refractivity contribution is -0.159. The summed E-state index contributed by atoms with van der Waals surface area (Å²) in [5, 5.41) is 9.52. The summed E-state index contributed by atoms with van der Waals surface area (Å²) >= 11 is 0. The Labute approximate surface area is 280 Å². The van der Waals surface area contributed by atoms with Crippen LogP contribution in [0.1, 0.15) is 70.8 Å². The third kappa shape index (κ3) is 6.35. The van der Waals surface area contributed by atoms with Crippen molar-refractivity contribution < 1.29 is 33.8 Å². The summed E-state index contributed by atoms with van der Waals surface area (Å²) in [4.78, 5) is 58.5. The molecule has 3 aromatic carbocycles. The van der Waals surface area contributed by atoms with Crippen molar-refractivity contribution in [2.45, 2.75) is 63.8 Å². The standard InChI is InChI=1S/C38H41N3O7/c42-35-29-13-5-4-11-27(29)21-40(35)23-32-34-26(12-8-16-33(34)48-28-18-19-39(22-28)38(45)46)17-20-41(32)36(43)30-14-6-7-15-31(30)37(44)47-24-25-9-2-1-3-10-25/h1-5,8-13,16,28,30-32H,6-7,14-15,17-24H2,(H,45,46)/t28-,30+,31-,32+/m0/s1. The van der Waals surface area contributed by atoms with Crippen LogP contribution < -0.4 is 4.74 Å². The molecule has 4 atom stereocenters. The molecule has 3 heterocycles. The highest BCUT2D eigenvalue weighted by molar-refractivity contribution is 5.98. The molecule has 48 heavy (non-hydrogen) atoms. The third-order valence-electron chi connectivity index (χ3n) is 10.4. The van der Waals surface area contributed by atoms with Crippen LogP contribution in [0, 0.1) is 11.8 Å². The number of nitrogens with zero attached hydrogens (tertiary/aromatic N) is 3. The number of benzene rings is 3. The Hall–Kier alpha value is -4.86. The number of hydrogen-bond donors (Lipinski definition) is 1. The van der Waals surface area contributed by atoms with Gasteiger partial charge in [-0.05, 0) is 48.1 Å². The van der Waals surface area contributed by atoms with Gasteiger partial charge in [-0.25, -0.2) is 4.79 Å². The summed E-state index contributed by atoms with van der Waals surface area (Å²) in [6.45, 7) is 1.99. The van der Waals surface area contributed by atoms with E-state index in [4.69, 9.17) is 9.47 Å². The summed E-state index contributed by atoms with van der Waals surface area (Å²) in [5.41, 5.74) is 4.42. The number of fused-ring (bicyclic) bond motifs is 2. The molecule has 7 rings (SSSR count). The van der Waals surface area contributed by atoms with Gasteiger partial charge in [-0.2, -0.15) is 0 Å². The van der Waals surface area contributed by atoms with Crippen molar-refractivity contribution in [3.63, 3.8) is 0 Å². The lowest BCUT2D eigenvalue weighted by Crippen LogP contribution is -2.50. The van der Waals surface area contributed by atoms with E-state index < -0.39 is 24.0 Å². The first-order valence-corrected chi connectivity index (χ1v) is 17.0. The molecule has 1 saturated heterocycles. The van der Waals surface area contributed by atoms with Crippen LogP contribution in [0.15, 0.2) is 72.8 Å². The highest BCUT2D eigenvalue weighted by atomic mass is 16.5. The van der Waals surface area contributed by atoms with Crippen LogP contribution >= 0.6 is 0 Å². The number of esters is 1. The molecule has 0 bridgehead atoms. The molecule has 1 saturated carbocycles. The summed E-state index contributed by atoms with van der Waals surface area (Å²) in [7, 11) is 0. The van der Waals surface area contributed by atoms with Crippen LogP contribution in [0.25, 0.3) is 0 Å². The van der Waals surface area contributed by atoms with E-state index in [1.54, 1.807) is 4.90 Å². The fourth-order valence-corrected chi connectivity index (χ4v) is 7.90. The highest BCUT2D eigenvalue weighted by Crippen LogP contribution is 2.42. The van der Waals surface area contributed by atoms with Crippen molar-refractivity contribution in [1.82, 2.24) is 14.7 Å². The molecule has 3 aliphatic heterocycles. The molecule has 0 radical (unpaired) electrons. The Morgan fingerprint density at radius 3 is 2.35 bits per heavy atom. The zero-order valence-electron chi connectivity index (χ0n) is 27.0. The molecule has 0 aromatic heterocycles. The van der Waals surface area contributed by atoms with E-state index in [1.165, 1.54) is 4.90 Å². The van der Waals surface area contributed by atoms with Crippen LogP contribution in [0.3, 0.4) is 0 Å². The van der Waals surface area contributed by atoms with Gasteiger partial charge in [-0.15, -0.1) is 0 Å². The van der Waals surface area contributed by atoms with Crippen LogP contribution in [0.4, 0.5) is 4.79 Å². The van der Waals surface area contributed by atoms with Crippen molar-refractivity contribution in [2.75, 3.05) is 26.2 Å². The second-order valence-electron chi connectivity index (χ2n) is 13.3. The van der Waals surface area contributed by atoms with E-state index in [2.05, 4.69) is 0 Å². The molecular weight excluding hydrogens is 610 g/mol. The molecule has 0 spiro atoms. The largest absolute Gasteiger partial charge is 0.488 e. The zero-order chi connectivity index (χ0) is 33.2. The van der Waals surface area contributed by atoms with E-state index in [0.717, 1.165) is 35.1 Å². The van der Waals surface area contributed by atoms with Gasteiger partial charge < -0.3 is 29.3 Å². The van der Waals surface area contributed by atoms with Crippen molar-refractivity contribution >= 4 is 23.9 Å². The van der Waals surface area contributed by atoms with Gasteiger partial charge in [0.1, 0.15) is 18.5 Å². The molecule has 1 aliphatic carbocycles. The van der Waals surface area contributed by atoms with Crippen molar-refractivity contribution in [1.29, 1.82) is 0 Å². The van der Waals surface area contributed by atoms with Gasteiger partial charge in [-0.3, -0.25) is 14.4 Å². The quantitative estimate of drug-likeness (QED) is 0.322. The number of ether oxygens (including phenoxy) is 2. The number of carboxylic acid groups (broad SMARTS) is 1. The molecule has 10 heteroatoms. The maximum atomic E-state index is 14.7. The third-order valence-corrected chi connectivity index (χ3v) is 10.4. The van der Waals surface area contributed by atoms with E-state index in [1.807, 2.05) is 77.7 Å². The molecule has 250 valence electrons. The average molecular weight is 652 g/mol. The Kier molecular flexibility index (Phi) is 9.06. The number of amides is 3. The molecule has 3 aromatic rings. The van der Waals surface area contributed by atoms with Crippen LogP contribution in [0.5, 0.6) is 5.75 Å². The molecule has 0 unspecified atom stereocenters. The summed E-state index contributed by atoms with van der Waals surface area (Å²) in [6, 6.07) is 22.5. The lowest BCUT2D eigenvalue weighted by Gasteiger charge is -2.43. The second-order valence-corrected chi connectivity index (χ2v) is 13.3. The van der Waals surface area contributed by atoms with E-state index >= 15 is 0 Å². The first-order chi connectivity index (χ1) is 23.4. The van der Waals surface area contributed by atoms with Crippen LogP contribution in [-0.4, -0.2) is 76.0 Å². The normalized spacial score (nSPS) is 23.4. The molecular formula is C38H41N3O7. The fraction of sp³-hybridized carbons (Fsp3) is 0.421. The van der Waals surface area contributed by atoms with Gasteiger partial charge in [0.15, 0.2) is 0 Å². The summed E-state index contributed by atoms with van der Waals surface area (Å²) in [6.07, 6.45) is 2.77. The van der Waals surface area contributed by atoms with E-state index in [0.29, 0.717) is 56.6 Å². The summed E-state index contributed by atoms with van der Waals surface area (Å²) in [5.74, 6) is -0.963. The highest BCUT2D eigenvalue weighted by Gasteiger charge is 2.44. The van der Waals surface area contributed by atoms with Crippen molar-refractivity contribution in [3.8, 4) is 5.75 Å². The van der Waals surface area contributed by atoms with Gasteiger partial charge >= 0.3 is 12.1 Å². The molecule has 1 N–H and O–H groups in total. The predicted molar refractivity (Wildman–Crippen MR) is 176 cm³/mol. The second kappa shape index (κ2) is 13.7. The minimum atomic E-state index is -0.970. The molecule has 2 fully saturated rings. The minimum absolute atomic E-state index is 0.0727. The smallest absolute Gasteiger partial charge is 0.407 e. The summed E-state index contributed by atoms with van der Waals surface area (Å²) < 4.78 is 12.3. The number of hydrogen-bond acceptors (Lipinski definition) is 6. The number of rotatable bonds is 8. The Bertz CT molecular complexity index is 1690. The van der Waals surface area contributed by atoms with Crippen molar-refractivity contribution in [2.24, 2.45) is 11.8 Å². The first kappa shape index (κ1) is 31.7. The molecule has 10 nitrogen and oxygen atoms in total. The fourth-order valence-electron chi connectivity index (χ4n) is 7.90. The Morgan fingerprint density at radius 2 is 1.58 bits per heavy atom. The monoisotopic (exact) mass is 651 g/mol. The Morgan fingerprint density at radius 1 is 0.833 bits per heavy atom. The number of carbonyl (C=O) groups is 4. The van der Waals surface area contributed by atoms with Gasteiger partial charge in [-0.1, -0.05) is 73.5 Å².